The molecule has 0 aliphatic rings. The van der Waals surface area contributed by atoms with Crippen LogP contribution in [0.15, 0.2) is 0 Å². The number of imide groups is 1. The molecule has 16 nitrogen and oxygen atoms in total. The van der Waals surface area contributed by atoms with E-state index in [4.69, 9.17) is 34.4 Å². The van der Waals surface area contributed by atoms with Crippen LogP contribution in [0.3, 0.4) is 0 Å². The molecule has 2 unspecified atom stereocenters. The van der Waals surface area contributed by atoms with Gasteiger partial charge in [0.1, 0.15) is 12.1 Å². The summed E-state index contributed by atoms with van der Waals surface area (Å²) in [5.41, 5.74) is 35.5. The molecular formula is C48H96N10O6. The van der Waals surface area contributed by atoms with Gasteiger partial charge in [-0.1, -0.05) is 155 Å². The van der Waals surface area contributed by atoms with Gasteiger partial charge in [-0.2, -0.15) is 0 Å². The zero-order chi connectivity index (χ0) is 47.8. The zero-order valence-electron chi connectivity index (χ0n) is 40.5. The maximum absolute atomic E-state index is 14.0. The van der Waals surface area contributed by atoms with Gasteiger partial charge in [-0.3, -0.25) is 33.7 Å². The van der Waals surface area contributed by atoms with E-state index in [1.165, 1.54) is 70.6 Å². The molecule has 0 radical (unpaired) electrons. The van der Waals surface area contributed by atoms with Crippen molar-refractivity contribution in [1.82, 2.24) is 20.9 Å². The second kappa shape index (κ2) is 41.3. The van der Waals surface area contributed by atoms with E-state index in [1.54, 1.807) is 0 Å². The SMILES string of the molecule is CCCCCCCCCCCCC(N)C(=O)N[C@@H](CCCCN(C(=O)[C@@H](N)CCCCN)C(=O)[C@@H](N)CCCCN)C(=O)NC(CCCCCCCCCCCC)C(=O)NCC(N)=O. The molecule has 0 fully saturated rings. The number of amides is 6. The van der Waals surface area contributed by atoms with Gasteiger partial charge in [0.25, 0.3) is 0 Å². The fourth-order valence-electron chi connectivity index (χ4n) is 7.82. The van der Waals surface area contributed by atoms with Crippen molar-refractivity contribution < 1.29 is 28.8 Å². The molecule has 374 valence electrons. The van der Waals surface area contributed by atoms with Crippen molar-refractivity contribution >= 4 is 35.4 Å². The minimum Gasteiger partial charge on any atom is -0.368 e. The Hall–Kier alpha value is -3.18. The molecule has 0 saturated heterocycles. The summed E-state index contributed by atoms with van der Waals surface area (Å²) in [5, 5.41) is 8.20. The molecule has 5 atom stereocenters. The third-order valence-electron chi connectivity index (χ3n) is 12.0. The number of unbranched alkanes of at least 4 members (excludes halogenated alkanes) is 21. The Morgan fingerprint density at radius 1 is 0.422 bits per heavy atom. The monoisotopic (exact) mass is 909 g/mol. The summed E-state index contributed by atoms with van der Waals surface area (Å²) in [4.78, 5) is 80.6. The topological polar surface area (TPSA) is 298 Å². The number of nitrogens with zero attached hydrogens (tertiary/aromatic N) is 1. The summed E-state index contributed by atoms with van der Waals surface area (Å²) < 4.78 is 0. The molecule has 0 bridgehead atoms. The highest BCUT2D eigenvalue weighted by atomic mass is 16.2. The maximum atomic E-state index is 14.0. The van der Waals surface area contributed by atoms with Crippen molar-refractivity contribution in [2.24, 2.45) is 34.4 Å². The molecule has 0 aromatic heterocycles. The van der Waals surface area contributed by atoms with Gasteiger partial charge in [0.05, 0.1) is 24.7 Å². The summed E-state index contributed by atoms with van der Waals surface area (Å²) in [5.74, 6) is -3.33. The number of primary amides is 1. The summed E-state index contributed by atoms with van der Waals surface area (Å²) in [6.45, 7) is 4.98. The van der Waals surface area contributed by atoms with Crippen LogP contribution >= 0.6 is 0 Å². The molecule has 0 heterocycles. The highest BCUT2D eigenvalue weighted by molar-refractivity contribution is 6.00. The van der Waals surface area contributed by atoms with Crippen molar-refractivity contribution in [3.05, 3.63) is 0 Å². The number of hydrogen-bond donors (Lipinski definition) is 9. The molecule has 64 heavy (non-hydrogen) atoms. The van der Waals surface area contributed by atoms with Crippen LogP contribution in [0.2, 0.25) is 0 Å². The summed E-state index contributed by atoms with van der Waals surface area (Å²) in [6.07, 6.45) is 27.4. The van der Waals surface area contributed by atoms with Crippen LogP contribution in [0.5, 0.6) is 0 Å². The Morgan fingerprint density at radius 2 is 0.766 bits per heavy atom. The Labute approximate surface area is 387 Å². The van der Waals surface area contributed by atoms with Crippen LogP contribution in [0, 0.1) is 0 Å². The van der Waals surface area contributed by atoms with Crippen molar-refractivity contribution in [3.8, 4) is 0 Å². The van der Waals surface area contributed by atoms with Gasteiger partial charge in [-0.25, -0.2) is 0 Å². The number of hydrogen-bond acceptors (Lipinski definition) is 11. The first-order chi connectivity index (χ1) is 30.8. The van der Waals surface area contributed by atoms with E-state index in [0.29, 0.717) is 83.7 Å². The predicted molar refractivity (Wildman–Crippen MR) is 259 cm³/mol. The highest BCUT2D eigenvalue weighted by Crippen LogP contribution is 2.16. The van der Waals surface area contributed by atoms with Crippen molar-refractivity contribution in [2.45, 2.75) is 243 Å². The molecule has 0 rings (SSSR count). The Kier molecular flexibility index (Phi) is 39.2. The lowest BCUT2D eigenvalue weighted by atomic mass is 10.0. The quantitative estimate of drug-likeness (QED) is 0.0369. The Morgan fingerprint density at radius 3 is 1.19 bits per heavy atom. The maximum Gasteiger partial charge on any atom is 0.246 e. The summed E-state index contributed by atoms with van der Waals surface area (Å²) >= 11 is 0. The van der Waals surface area contributed by atoms with E-state index in [1.807, 2.05) is 0 Å². The number of carbonyl (C=O) groups is 6. The Bertz CT molecular complexity index is 1220. The van der Waals surface area contributed by atoms with Gasteiger partial charge in [0.15, 0.2) is 0 Å². The molecule has 16 heteroatoms. The largest absolute Gasteiger partial charge is 0.368 e. The van der Waals surface area contributed by atoms with Gasteiger partial charge in [0.2, 0.25) is 35.4 Å². The van der Waals surface area contributed by atoms with Gasteiger partial charge in [0, 0.05) is 6.54 Å². The van der Waals surface area contributed by atoms with E-state index >= 15 is 0 Å². The fourth-order valence-corrected chi connectivity index (χ4v) is 7.82. The van der Waals surface area contributed by atoms with Crippen LogP contribution in [0.25, 0.3) is 0 Å². The smallest absolute Gasteiger partial charge is 0.246 e. The fraction of sp³-hybridized carbons (Fsp3) is 0.875. The summed E-state index contributed by atoms with van der Waals surface area (Å²) in [7, 11) is 0. The average Bonchev–Trinajstić information content (AvgIpc) is 3.27. The van der Waals surface area contributed by atoms with Crippen LogP contribution in [-0.2, 0) is 28.8 Å². The standard InChI is InChI=1S/C48H96N10O6/c1-3-5-7-9-11-13-15-17-19-21-29-38(51)44(60)56-42(33-25-28-36-58(47(63)39(52)30-23-26-34-49)48(64)40(53)31-24-27-35-50)46(62)57-41(45(61)55-37-43(54)59)32-22-20-18-16-14-12-10-8-6-4-2/h38-42H,3-37,49-53H2,1-2H3,(H2,54,59)(H,55,61)(H,56,60)(H,57,62)/t38?,39-,40-,41?,42-/m0/s1. The first-order valence-electron chi connectivity index (χ1n) is 25.5. The van der Waals surface area contributed by atoms with E-state index < -0.39 is 65.7 Å². The van der Waals surface area contributed by atoms with Gasteiger partial charge in [-0.15, -0.1) is 0 Å². The van der Waals surface area contributed by atoms with Crippen LogP contribution in [-0.4, -0.2) is 96.7 Å². The molecule has 0 aromatic carbocycles. The highest BCUT2D eigenvalue weighted by Gasteiger charge is 2.31. The molecule has 0 aliphatic heterocycles. The average molecular weight is 909 g/mol. The van der Waals surface area contributed by atoms with E-state index in [9.17, 15) is 28.8 Å². The molecule has 0 aliphatic carbocycles. The lowest BCUT2D eigenvalue weighted by Crippen LogP contribution is -2.56. The number of nitrogens with one attached hydrogen (secondary N) is 3. The number of nitrogens with two attached hydrogens (primary N) is 6. The third-order valence-corrected chi connectivity index (χ3v) is 12.0. The normalized spacial score (nSPS) is 13.7. The minimum absolute atomic E-state index is 0.0181. The van der Waals surface area contributed by atoms with Gasteiger partial charge in [-0.05, 0) is 70.9 Å². The lowest BCUT2D eigenvalue weighted by Gasteiger charge is -2.27. The predicted octanol–water partition coefficient (Wildman–Crippen LogP) is 4.94. The van der Waals surface area contributed by atoms with E-state index in [2.05, 4.69) is 29.8 Å². The van der Waals surface area contributed by atoms with Crippen molar-refractivity contribution in [1.29, 1.82) is 0 Å². The summed E-state index contributed by atoms with van der Waals surface area (Å²) in [6, 6.07) is -4.68. The molecule has 0 saturated carbocycles. The van der Waals surface area contributed by atoms with Crippen molar-refractivity contribution in [2.75, 3.05) is 26.2 Å². The van der Waals surface area contributed by atoms with Gasteiger partial charge >= 0.3 is 0 Å². The molecule has 15 N–H and O–H groups in total. The molecule has 0 spiro atoms. The zero-order valence-corrected chi connectivity index (χ0v) is 40.5. The molecular weight excluding hydrogens is 813 g/mol. The van der Waals surface area contributed by atoms with Crippen LogP contribution < -0.4 is 50.4 Å². The van der Waals surface area contributed by atoms with E-state index in [0.717, 1.165) is 56.3 Å². The molecule has 0 aromatic rings. The van der Waals surface area contributed by atoms with Crippen LogP contribution in [0.4, 0.5) is 0 Å². The number of rotatable bonds is 44. The van der Waals surface area contributed by atoms with Crippen LogP contribution in [0.1, 0.15) is 213 Å². The van der Waals surface area contributed by atoms with Gasteiger partial charge < -0.3 is 50.4 Å². The first-order valence-corrected chi connectivity index (χ1v) is 25.5. The molecule has 6 amide bonds. The lowest BCUT2D eigenvalue weighted by molar-refractivity contribution is -0.147. The Balaban J connectivity index is 5.91. The second-order valence-electron chi connectivity index (χ2n) is 18.0. The number of carbonyl (C=O) groups excluding carboxylic acids is 6. The van der Waals surface area contributed by atoms with E-state index in [-0.39, 0.29) is 19.5 Å². The minimum atomic E-state index is -1.07. The van der Waals surface area contributed by atoms with Crippen molar-refractivity contribution in [3.63, 3.8) is 0 Å². The second-order valence-corrected chi connectivity index (χ2v) is 18.0. The third kappa shape index (κ3) is 31.7. The first kappa shape index (κ1) is 60.8.